The zero-order valence-electron chi connectivity index (χ0n) is 15.0. The van der Waals surface area contributed by atoms with Gasteiger partial charge in [0.25, 0.3) is 5.56 Å². The van der Waals surface area contributed by atoms with Crippen molar-refractivity contribution in [1.29, 1.82) is 0 Å². The molecule has 8 heteroatoms. The zero-order chi connectivity index (χ0) is 19.8. The summed E-state index contributed by atoms with van der Waals surface area (Å²) < 4.78 is 8.08. The van der Waals surface area contributed by atoms with Crippen molar-refractivity contribution in [3.05, 3.63) is 87.6 Å². The van der Waals surface area contributed by atoms with E-state index in [1.54, 1.807) is 11.5 Å². The third-order valence-corrected chi connectivity index (χ3v) is 6.79. The number of rotatable bonds is 3. The molecule has 0 saturated carbocycles. The van der Waals surface area contributed by atoms with Crippen LogP contribution >= 0.6 is 38.6 Å². The molecule has 1 aromatic carbocycles. The first-order valence-electron chi connectivity index (χ1n) is 8.39. The number of thiazole rings is 1. The van der Waals surface area contributed by atoms with E-state index in [0.29, 0.717) is 20.6 Å². The molecule has 28 heavy (non-hydrogen) atoms. The number of allylic oxidation sites excluding steroid dienone is 1. The van der Waals surface area contributed by atoms with E-state index in [-0.39, 0.29) is 5.56 Å². The van der Waals surface area contributed by atoms with Crippen molar-refractivity contribution in [3.63, 3.8) is 0 Å². The number of ether oxygens (including phenoxy) is 1. The van der Waals surface area contributed by atoms with Crippen LogP contribution in [0.4, 0.5) is 0 Å². The number of halogens is 1. The molecule has 142 valence electrons. The minimum atomic E-state index is -0.534. The fraction of sp³-hybridized carbons (Fsp3) is 0.150. The van der Waals surface area contributed by atoms with E-state index in [2.05, 4.69) is 20.9 Å². The van der Waals surface area contributed by atoms with Gasteiger partial charge >= 0.3 is 5.97 Å². The normalized spacial score (nSPS) is 16.7. The van der Waals surface area contributed by atoms with Gasteiger partial charge in [-0.05, 0) is 42.1 Å². The summed E-state index contributed by atoms with van der Waals surface area (Å²) in [6, 6.07) is 11.0. The lowest BCUT2D eigenvalue weighted by Crippen LogP contribution is -2.39. The van der Waals surface area contributed by atoms with E-state index < -0.39 is 12.0 Å². The van der Waals surface area contributed by atoms with E-state index in [0.717, 1.165) is 14.9 Å². The second kappa shape index (κ2) is 7.62. The second-order valence-corrected chi connectivity index (χ2v) is 9.05. The van der Waals surface area contributed by atoms with Crippen molar-refractivity contribution < 1.29 is 9.53 Å². The molecule has 0 spiro atoms. The van der Waals surface area contributed by atoms with Crippen molar-refractivity contribution in [2.45, 2.75) is 13.0 Å². The highest BCUT2D eigenvalue weighted by Gasteiger charge is 2.33. The lowest BCUT2D eigenvalue weighted by Gasteiger charge is -2.22. The Labute approximate surface area is 177 Å². The van der Waals surface area contributed by atoms with Gasteiger partial charge in [-0.1, -0.05) is 45.5 Å². The van der Waals surface area contributed by atoms with E-state index in [4.69, 9.17) is 4.74 Å². The van der Waals surface area contributed by atoms with Gasteiger partial charge in [-0.2, -0.15) is 0 Å². The lowest BCUT2D eigenvalue weighted by atomic mass is 10.0. The van der Waals surface area contributed by atoms with Crippen molar-refractivity contribution in [3.8, 4) is 0 Å². The Morgan fingerprint density at radius 3 is 2.82 bits per heavy atom. The zero-order valence-corrected chi connectivity index (χ0v) is 18.2. The largest absolute Gasteiger partial charge is 0.466 e. The lowest BCUT2D eigenvalue weighted by molar-refractivity contribution is -0.136. The highest BCUT2D eigenvalue weighted by molar-refractivity contribution is 9.10. The van der Waals surface area contributed by atoms with Crippen LogP contribution in [0.3, 0.4) is 0 Å². The predicted molar refractivity (Wildman–Crippen MR) is 114 cm³/mol. The van der Waals surface area contributed by atoms with Crippen LogP contribution in [0.2, 0.25) is 0 Å². The Kier molecular flexibility index (Phi) is 5.18. The average molecular weight is 475 g/mol. The molecular formula is C20H15BrN2O3S2. The molecule has 1 aliphatic rings. The molecular weight excluding hydrogens is 460 g/mol. The van der Waals surface area contributed by atoms with Gasteiger partial charge in [0.05, 0.1) is 22.9 Å². The van der Waals surface area contributed by atoms with Gasteiger partial charge in [-0.15, -0.1) is 11.3 Å². The summed E-state index contributed by atoms with van der Waals surface area (Å²) in [6.45, 7) is 1.78. The summed E-state index contributed by atoms with van der Waals surface area (Å²) in [5.74, 6) is -0.471. The van der Waals surface area contributed by atoms with Crippen LogP contribution in [0.1, 0.15) is 23.4 Å². The van der Waals surface area contributed by atoms with Gasteiger partial charge in [0.15, 0.2) is 4.80 Å². The molecule has 0 aliphatic carbocycles. The van der Waals surface area contributed by atoms with Gasteiger partial charge in [-0.25, -0.2) is 9.79 Å². The summed E-state index contributed by atoms with van der Waals surface area (Å²) in [5, 5.41) is 1.93. The Balaban J connectivity index is 1.97. The van der Waals surface area contributed by atoms with Crippen LogP contribution in [0, 0.1) is 0 Å². The number of carbonyl (C=O) groups is 1. The second-order valence-electron chi connectivity index (χ2n) is 6.14. The highest BCUT2D eigenvalue weighted by atomic mass is 79.9. The molecule has 0 amide bonds. The van der Waals surface area contributed by atoms with Crippen molar-refractivity contribution in [1.82, 2.24) is 4.57 Å². The quantitative estimate of drug-likeness (QED) is 0.547. The van der Waals surface area contributed by atoms with Crippen LogP contribution in [-0.4, -0.2) is 17.6 Å². The average Bonchev–Trinajstić information content (AvgIpc) is 3.29. The Bertz CT molecular complexity index is 1270. The number of aromatic nitrogens is 1. The molecule has 5 nitrogen and oxygen atoms in total. The molecule has 0 unspecified atom stereocenters. The van der Waals surface area contributed by atoms with E-state index >= 15 is 0 Å². The molecule has 0 bridgehead atoms. The van der Waals surface area contributed by atoms with Crippen molar-refractivity contribution in [2.24, 2.45) is 4.99 Å². The topological polar surface area (TPSA) is 60.7 Å². The van der Waals surface area contributed by atoms with Crippen LogP contribution < -0.4 is 14.9 Å². The first-order chi connectivity index (χ1) is 13.5. The number of fused-ring (bicyclic) bond motifs is 1. The van der Waals surface area contributed by atoms with Gasteiger partial charge in [-0.3, -0.25) is 9.36 Å². The molecule has 3 aromatic rings. The number of hydrogen-bond acceptors (Lipinski definition) is 6. The number of carbonyl (C=O) groups excluding carboxylic acids is 1. The van der Waals surface area contributed by atoms with Crippen LogP contribution in [0.5, 0.6) is 0 Å². The third kappa shape index (κ3) is 3.32. The SMILES string of the molecule is COC(=O)C1=C(C)N=c2s/c(=C/c3cccc(Br)c3)c(=O)n2[C@@H]1c1cccs1. The molecule has 0 radical (unpaired) electrons. The van der Waals surface area contributed by atoms with Crippen LogP contribution in [0.25, 0.3) is 6.08 Å². The standard InChI is InChI=1S/C20H15BrN2O3S2/c1-11-16(19(25)26-2)17(14-7-4-8-27-14)23-18(24)15(28-20(23)22-11)10-12-5-3-6-13(21)9-12/h3-10,17H,1-2H3/b15-10+/t17-/m1/s1. The first kappa shape index (κ1) is 19.0. The maximum atomic E-state index is 13.3. The van der Waals surface area contributed by atoms with Gasteiger partial charge < -0.3 is 4.74 Å². The first-order valence-corrected chi connectivity index (χ1v) is 10.9. The highest BCUT2D eigenvalue weighted by Crippen LogP contribution is 2.32. The van der Waals surface area contributed by atoms with Crippen molar-refractivity contribution in [2.75, 3.05) is 7.11 Å². The Morgan fingerprint density at radius 1 is 1.32 bits per heavy atom. The minimum Gasteiger partial charge on any atom is -0.466 e. The Morgan fingerprint density at radius 2 is 2.14 bits per heavy atom. The monoisotopic (exact) mass is 474 g/mol. The summed E-state index contributed by atoms with van der Waals surface area (Å²) in [5.41, 5.74) is 1.71. The van der Waals surface area contributed by atoms with Crippen LogP contribution in [0.15, 0.2) is 67.3 Å². The summed E-state index contributed by atoms with van der Waals surface area (Å²) in [4.78, 5) is 31.8. The molecule has 0 saturated heterocycles. The minimum absolute atomic E-state index is 0.170. The molecule has 3 heterocycles. The summed E-state index contributed by atoms with van der Waals surface area (Å²) in [7, 11) is 1.34. The van der Waals surface area contributed by atoms with E-state index in [9.17, 15) is 9.59 Å². The maximum absolute atomic E-state index is 13.3. The number of benzene rings is 1. The number of thiophene rings is 1. The van der Waals surface area contributed by atoms with Crippen LogP contribution in [-0.2, 0) is 9.53 Å². The van der Waals surface area contributed by atoms with Crippen molar-refractivity contribution >= 4 is 50.6 Å². The predicted octanol–water partition coefficient (Wildman–Crippen LogP) is 3.23. The third-order valence-electron chi connectivity index (χ3n) is 4.39. The maximum Gasteiger partial charge on any atom is 0.338 e. The molecule has 0 fully saturated rings. The molecule has 4 rings (SSSR count). The molecule has 0 N–H and O–H groups in total. The number of methoxy groups -OCH3 is 1. The molecule has 1 atom stereocenters. The number of esters is 1. The fourth-order valence-corrected chi connectivity index (χ4v) is 5.44. The van der Waals surface area contributed by atoms with Gasteiger partial charge in [0, 0.05) is 9.35 Å². The van der Waals surface area contributed by atoms with Gasteiger partial charge in [0.2, 0.25) is 0 Å². The van der Waals surface area contributed by atoms with E-state index in [1.807, 2.05) is 47.9 Å². The van der Waals surface area contributed by atoms with Gasteiger partial charge in [0.1, 0.15) is 6.04 Å². The molecule has 2 aromatic heterocycles. The fourth-order valence-electron chi connectivity index (χ4n) is 3.16. The summed E-state index contributed by atoms with van der Waals surface area (Å²) >= 11 is 6.27. The molecule has 1 aliphatic heterocycles. The smallest absolute Gasteiger partial charge is 0.338 e. The number of hydrogen-bond donors (Lipinski definition) is 0. The summed E-state index contributed by atoms with van der Waals surface area (Å²) in [6.07, 6.45) is 1.84. The number of nitrogens with zero attached hydrogens (tertiary/aromatic N) is 2. The van der Waals surface area contributed by atoms with E-state index in [1.165, 1.54) is 29.8 Å². The Hall–Kier alpha value is -2.29.